The molecular weight excluding hydrogens is 250 g/mol. The van der Waals surface area contributed by atoms with E-state index in [1.165, 1.54) is 12.8 Å². The molecule has 0 aliphatic rings. The van der Waals surface area contributed by atoms with E-state index in [2.05, 4.69) is 43.0 Å². The molecular formula is C16H29N3O. The predicted molar refractivity (Wildman–Crippen MR) is 83.1 cm³/mol. The molecule has 0 aliphatic heterocycles. The molecule has 0 saturated heterocycles. The van der Waals surface area contributed by atoms with E-state index >= 15 is 0 Å². The summed E-state index contributed by atoms with van der Waals surface area (Å²) >= 11 is 0. The summed E-state index contributed by atoms with van der Waals surface area (Å²) in [4.78, 5) is 9.05. The Balaban J connectivity index is 2.68. The van der Waals surface area contributed by atoms with Crippen molar-refractivity contribution in [3.63, 3.8) is 0 Å². The SMILES string of the molecule is CCCCCOc1cnc(C(C)C)nc1CNCCC. The van der Waals surface area contributed by atoms with Crippen molar-refractivity contribution in [1.29, 1.82) is 0 Å². The van der Waals surface area contributed by atoms with Gasteiger partial charge in [0.25, 0.3) is 0 Å². The van der Waals surface area contributed by atoms with Crippen LogP contribution in [-0.4, -0.2) is 23.1 Å². The molecule has 0 spiro atoms. The fourth-order valence-electron chi connectivity index (χ4n) is 1.86. The van der Waals surface area contributed by atoms with Gasteiger partial charge in [0.05, 0.1) is 18.5 Å². The number of ether oxygens (including phenoxy) is 1. The van der Waals surface area contributed by atoms with Crippen LogP contribution in [0, 0.1) is 0 Å². The van der Waals surface area contributed by atoms with E-state index in [0.717, 1.165) is 49.8 Å². The smallest absolute Gasteiger partial charge is 0.160 e. The Hall–Kier alpha value is -1.16. The predicted octanol–water partition coefficient (Wildman–Crippen LogP) is 3.67. The topological polar surface area (TPSA) is 47.0 Å². The van der Waals surface area contributed by atoms with Crippen LogP contribution in [0.3, 0.4) is 0 Å². The molecule has 0 aromatic carbocycles. The van der Waals surface area contributed by atoms with E-state index in [1.54, 1.807) is 0 Å². The molecule has 0 radical (unpaired) electrons. The molecule has 1 N–H and O–H groups in total. The third-order valence-corrected chi connectivity index (χ3v) is 3.09. The Morgan fingerprint density at radius 2 is 2.00 bits per heavy atom. The van der Waals surface area contributed by atoms with Crippen LogP contribution in [0.25, 0.3) is 0 Å². The first kappa shape index (κ1) is 16.9. The minimum Gasteiger partial charge on any atom is -0.490 e. The average Bonchev–Trinajstić information content (AvgIpc) is 2.44. The van der Waals surface area contributed by atoms with Gasteiger partial charge in [0.15, 0.2) is 5.75 Å². The zero-order valence-corrected chi connectivity index (χ0v) is 13.4. The van der Waals surface area contributed by atoms with E-state index in [4.69, 9.17) is 4.74 Å². The average molecular weight is 279 g/mol. The maximum Gasteiger partial charge on any atom is 0.160 e. The first-order chi connectivity index (χ1) is 9.69. The summed E-state index contributed by atoms with van der Waals surface area (Å²) in [6.45, 7) is 11.1. The highest BCUT2D eigenvalue weighted by molar-refractivity contribution is 5.25. The minimum atomic E-state index is 0.342. The number of hydrogen-bond acceptors (Lipinski definition) is 4. The molecule has 20 heavy (non-hydrogen) atoms. The molecule has 1 aromatic heterocycles. The number of hydrogen-bond donors (Lipinski definition) is 1. The monoisotopic (exact) mass is 279 g/mol. The standard InChI is InChI=1S/C16H29N3O/c1-5-7-8-10-20-15-12-18-16(13(3)4)19-14(15)11-17-9-6-2/h12-13,17H,5-11H2,1-4H3. The van der Waals surface area contributed by atoms with Crippen molar-refractivity contribution < 1.29 is 4.74 Å². The van der Waals surface area contributed by atoms with Gasteiger partial charge in [-0.25, -0.2) is 9.97 Å². The Kier molecular flexibility index (Phi) is 8.19. The van der Waals surface area contributed by atoms with Gasteiger partial charge in [0.2, 0.25) is 0 Å². The summed E-state index contributed by atoms with van der Waals surface area (Å²) < 4.78 is 5.84. The van der Waals surface area contributed by atoms with Gasteiger partial charge >= 0.3 is 0 Å². The lowest BCUT2D eigenvalue weighted by Gasteiger charge is -2.13. The lowest BCUT2D eigenvalue weighted by Crippen LogP contribution is -2.17. The minimum absolute atomic E-state index is 0.342. The molecule has 1 rings (SSSR count). The highest BCUT2D eigenvalue weighted by Crippen LogP contribution is 2.19. The molecule has 0 amide bonds. The van der Waals surface area contributed by atoms with Crippen molar-refractivity contribution in [2.24, 2.45) is 0 Å². The van der Waals surface area contributed by atoms with Crippen LogP contribution in [0.2, 0.25) is 0 Å². The van der Waals surface area contributed by atoms with Gasteiger partial charge in [0.1, 0.15) is 5.82 Å². The summed E-state index contributed by atoms with van der Waals surface area (Å²) in [7, 11) is 0. The van der Waals surface area contributed by atoms with E-state index in [0.29, 0.717) is 5.92 Å². The van der Waals surface area contributed by atoms with Gasteiger partial charge in [-0.2, -0.15) is 0 Å². The third kappa shape index (κ3) is 5.87. The second kappa shape index (κ2) is 9.70. The van der Waals surface area contributed by atoms with Crippen LogP contribution in [-0.2, 0) is 6.54 Å². The first-order valence-electron chi connectivity index (χ1n) is 7.88. The lowest BCUT2D eigenvalue weighted by atomic mass is 10.2. The van der Waals surface area contributed by atoms with Crippen LogP contribution in [0.15, 0.2) is 6.20 Å². The number of unbranched alkanes of at least 4 members (excludes halogenated alkanes) is 2. The number of rotatable bonds is 10. The summed E-state index contributed by atoms with van der Waals surface area (Å²) in [6.07, 6.45) is 6.45. The second-order valence-electron chi connectivity index (χ2n) is 5.43. The zero-order valence-electron chi connectivity index (χ0n) is 13.4. The fourth-order valence-corrected chi connectivity index (χ4v) is 1.86. The Labute approximate surface area is 123 Å². The lowest BCUT2D eigenvalue weighted by molar-refractivity contribution is 0.299. The van der Waals surface area contributed by atoms with Gasteiger partial charge < -0.3 is 10.1 Å². The molecule has 1 heterocycles. The molecule has 0 unspecified atom stereocenters. The molecule has 1 aromatic rings. The van der Waals surface area contributed by atoms with E-state index < -0.39 is 0 Å². The van der Waals surface area contributed by atoms with Crippen molar-refractivity contribution in [2.45, 2.75) is 65.8 Å². The quantitative estimate of drug-likeness (QED) is 0.664. The Morgan fingerprint density at radius 1 is 1.20 bits per heavy atom. The van der Waals surface area contributed by atoms with Crippen LogP contribution in [0.4, 0.5) is 0 Å². The van der Waals surface area contributed by atoms with Gasteiger partial charge in [-0.1, -0.05) is 40.5 Å². The van der Waals surface area contributed by atoms with Crippen molar-refractivity contribution in [3.05, 3.63) is 17.7 Å². The molecule has 4 heteroatoms. The third-order valence-electron chi connectivity index (χ3n) is 3.09. The van der Waals surface area contributed by atoms with Crippen LogP contribution in [0.1, 0.15) is 70.8 Å². The van der Waals surface area contributed by atoms with Gasteiger partial charge in [-0.15, -0.1) is 0 Å². The van der Waals surface area contributed by atoms with Crippen molar-refractivity contribution in [3.8, 4) is 5.75 Å². The largest absolute Gasteiger partial charge is 0.490 e. The Morgan fingerprint density at radius 3 is 2.65 bits per heavy atom. The van der Waals surface area contributed by atoms with Crippen molar-refractivity contribution in [1.82, 2.24) is 15.3 Å². The van der Waals surface area contributed by atoms with Crippen molar-refractivity contribution in [2.75, 3.05) is 13.2 Å². The summed E-state index contributed by atoms with van der Waals surface area (Å²) in [5.41, 5.74) is 0.980. The molecule has 0 atom stereocenters. The molecule has 0 bridgehead atoms. The molecule has 4 nitrogen and oxygen atoms in total. The molecule has 0 fully saturated rings. The number of nitrogens with zero attached hydrogens (tertiary/aromatic N) is 2. The van der Waals surface area contributed by atoms with Crippen LogP contribution >= 0.6 is 0 Å². The first-order valence-corrected chi connectivity index (χ1v) is 7.88. The highest BCUT2D eigenvalue weighted by atomic mass is 16.5. The molecule has 0 saturated carbocycles. The fraction of sp³-hybridized carbons (Fsp3) is 0.750. The van der Waals surface area contributed by atoms with Crippen LogP contribution in [0.5, 0.6) is 5.75 Å². The summed E-state index contributed by atoms with van der Waals surface area (Å²) in [5.74, 6) is 2.06. The number of nitrogens with one attached hydrogen (secondary N) is 1. The number of aromatic nitrogens is 2. The Bertz CT molecular complexity index is 380. The normalized spacial score (nSPS) is 11.1. The van der Waals surface area contributed by atoms with Crippen molar-refractivity contribution >= 4 is 0 Å². The summed E-state index contributed by atoms with van der Waals surface area (Å²) in [5, 5.41) is 3.39. The summed E-state index contributed by atoms with van der Waals surface area (Å²) in [6, 6.07) is 0. The maximum absolute atomic E-state index is 5.84. The second-order valence-corrected chi connectivity index (χ2v) is 5.43. The van der Waals surface area contributed by atoms with Gasteiger partial charge in [-0.3, -0.25) is 0 Å². The zero-order chi connectivity index (χ0) is 14.8. The molecule has 114 valence electrons. The van der Waals surface area contributed by atoms with Gasteiger partial charge in [-0.05, 0) is 19.4 Å². The molecule has 0 aliphatic carbocycles. The van der Waals surface area contributed by atoms with E-state index in [-0.39, 0.29) is 0 Å². The maximum atomic E-state index is 5.84. The highest BCUT2D eigenvalue weighted by Gasteiger charge is 2.10. The van der Waals surface area contributed by atoms with Gasteiger partial charge in [0, 0.05) is 12.5 Å². The van der Waals surface area contributed by atoms with E-state index in [1.807, 2.05) is 6.20 Å². The van der Waals surface area contributed by atoms with E-state index in [9.17, 15) is 0 Å². The van der Waals surface area contributed by atoms with Crippen LogP contribution < -0.4 is 10.1 Å².